The van der Waals surface area contributed by atoms with Crippen LogP contribution < -0.4 is 0 Å². The lowest BCUT2D eigenvalue weighted by molar-refractivity contribution is -0.196. The molecular formula is C6H7F4NO. The summed E-state index contributed by atoms with van der Waals surface area (Å²) in [6, 6.07) is 0. The average molecular weight is 185 g/mol. The van der Waals surface area contributed by atoms with E-state index in [4.69, 9.17) is 0 Å². The van der Waals surface area contributed by atoms with Crippen molar-refractivity contribution in [1.29, 1.82) is 0 Å². The lowest BCUT2D eigenvalue weighted by Gasteiger charge is -2.42. The van der Waals surface area contributed by atoms with Gasteiger partial charge in [0.25, 0.3) is 0 Å². The van der Waals surface area contributed by atoms with Gasteiger partial charge in [0.05, 0.1) is 13.1 Å². The summed E-state index contributed by atoms with van der Waals surface area (Å²) in [6.45, 7) is 0.226. The van der Waals surface area contributed by atoms with E-state index in [9.17, 15) is 22.4 Å². The van der Waals surface area contributed by atoms with Gasteiger partial charge >= 0.3 is 12.1 Å². The van der Waals surface area contributed by atoms with Crippen LogP contribution in [0.1, 0.15) is 6.92 Å². The van der Waals surface area contributed by atoms with Crippen LogP contribution in [0.3, 0.4) is 0 Å². The molecule has 12 heavy (non-hydrogen) atoms. The first kappa shape index (κ1) is 9.28. The Morgan fingerprint density at radius 3 is 2.08 bits per heavy atom. The third-order valence-corrected chi connectivity index (χ3v) is 1.57. The maximum absolute atomic E-state index is 12.6. The van der Waals surface area contributed by atoms with Crippen molar-refractivity contribution in [1.82, 2.24) is 4.90 Å². The molecule has 1 saturated heterocycles. The van der Waals surface area contributed by atoms with Crippen LogP contribution in [0.25, 0.3) is 0 Å². The predicted octanol–water partition coefficient (Wildman–Crippen LogP) is 1.12. The Bertz CT molecular complexity index is 202. The lowest BCUT2D eigenvalue weighted by Crippen LogP contribution is -2.61. The van der Waals surface area contributed by atoms with E-state index in [-0.39, 0.29) is 0 Å². The molecular weight excluding hydrogens is 178 g/mol. The van der Waals surface area contributed by atoms with Crippen molar-refractivity contribution in [2.45, 2.75) is 18.8 Å². The second-order valence-corrected chi connectivity index (χ2v) is 3.07. The van der Waals surface area contributed by atoms with Crippen LogP contribution in [0.4, 0.5) is 17.6 Å². The zero-order chi connectivity index (χ0) is 9.57. The molecule has 6 heteroatoms. The Balaban J connectivity index is 2.50. The van der Waals surface area contributed by atoms with Gasteiger partial charge in [-0.25, -0.2) is 4.39 Å². The summed E-state index contributed by atoms with van der Waals surface area (Å²) in [5.41, 5.74) is -1.65. The van der Waals surface area contributed by atoms with Crippen LogP contribution in [-0.4, -0.2) is 35.7 Å². The van der Waals surface area contributed by atoms with Gasteiger partial charge in [0.1, 0.15) is 5.67 Å². The fraction of sp³-hybridized carbons (Fsp3) is 0.833. The maximum Gasteiger partial charge on any atom is 0.471 e. The first-order chi connectivity index (χ1) is 5.22. The molecule has 0 atom stereocenters. The van der Waals surface area contributed by atoms with Crippen LogP contribution in [0.15, 0.2) is 0 Å². The molecule has 1 aliphatic heterocycles. The minimum atomic E-state index is -4.88. The Morgan fingerprint density at radius 2 is 1.83 bits per heavy atom. The first-order valence-electron chi connectivity index (χ1n) is 3.27. The molecule has 0 N–H and O–H groups in total. The fourth-order valence-corrected chi connectivity index (χ4v) is 1.07. The molecule has 0 aromatic rings. The molecule has 0 saturated carbocycles. The first-order valence-corrected chi connectivity index (χ1v) is 3.27. The smallest absolute Gasteiger partial charge is 0.328 e. The highest BCUT2D eigenvalue weighted by molar-refractivity contribution is 5.82. The summed E-state index contributed by atoms with van der Waals surface area (Å²) < 4.78 is 47.6. The van der Waals surface area contributed by atoms with E-state index < -0.39 is 30.8 Å². The topological polar surface area (TPSA) is 20.3 Å². The van der Waals surface area contributed by atoms with Crippen molar-refractivity contribution in [2.24, 2.45) is 0 Å². The van der Waals surface area contributed by atoms with E-state index in [0.717, 1.165) is 6.92 Å². The molecule has 70 valence electrons. The minimum Gasteiger partial charge on any atom is -0.328 e. The van der Waals surface area contributed by atoms with E-state index in [1.165, 1.54) is 0 Å². The molecule has 1 heterocycles. The Morgan fingerprint density at radius 1 is 1.42 bits per heavy atom. The van der Waals surface area contributed by atoms with Gasteiger partial charge in [-0.15, -0.1) is 0 Å². The number of nitrogens with zero attached hydrogens (tertiary/aromatic N) is 1. The Labute approximate surface area is 66.1 Å². The zero-order valence-electron chi connectivity index (χ0n) is 6.28. The van der Waals surface area contributed by atoms with E-state index >= 15 is 0 Å². The molecule has 0 aliphatic carbocycles. The molecule has 0 aromatic heterocycles. The summed E-state index contributed by atoms with van der Waals surface area (Å²) >= 11 is 0. The quantitative estimate of drug-likeness (QED) is 0.518. The van der Waals surface area contributed by atoms with Crippen molar-refractivity contribution in [3.05, 3.63) is 0 Å². The number of amides is 1. The van der Waals surface area contributed by atoms with Crippen LogP contribution in [0.5, 0.6) is 0 Å². The fourth-order valence-electron chi connectivity index (χ4n) is 1.07. The molecule has 1 amide bonds. The summed E-state index contributed by atoms with van der Waals surface area (Å²) in [7, 11) is 0. The average Bonchev–Trinajstić information content (AvgIpc) is 1.78. The number of hydrogen-bond donors (Lipinski definition) is 0. The van der Waals surface area contributed by atoms with Crippen molar-refractivity contribution < 1.29 is 22.4 Å². The third kappa shape index (κ3) is 1.67. The standard InChI is InChI=1S/C6H7F4NO/c1-5(7)2-11(3-5)4(12)6(8,9)10/h2-3H2,1H3. The van der Waals surface area contributed by atoms with E-state index in [1.54, 1.807) is 0 Å². The second-order valence-electron chi connectivity index (χ2n) is 3.07. The van der Waals surface area contributed by atoms with Gasteiger partial charge < -0.3 is 4.90 Å². The molecule has 0 bridgehead atoms. The van der Waals surface area contributed by atoms with Gasteiger partial charge in [-0.05, 0) is 6.92 Å². The van der Waals surface area contributed by atoms with Crippen LogP contribution >= 0.6 is 0 Å². The molecule has 1 aliphatic rings. The number of carbonyl (C=O) groups is 1. The van der Waals surface area contributed by atoms with Crippen molar-refractivity contribution in [3.8, 4) is 0 Å². The summed E-state index contributed by atoms with van der Waals surface area (Å²) in [4.78, 5) is 10.8. The lowest BCUT2D eigenvalue weighted by atomic mass is 9.99. The summed E-state index contributed by atoms with van der Waals surface area (Å²) in [6.07, 6.45) is -4.88. The third-order valence-electron chi connectivity index (χ3n) is 1.57. The monoisotopic (exact) mass is 185 g/mol. The molecule has 1 fully saturated rings. The highest BCUT2D eigenvalue weighted by atomic mass is 19.4. The van der Waals surface area contributed by atoms with Crippen LogP contribution in [-0.2, 0) is 4.79 Å². The van der Waals surface area contributed by atoms with E-state index in [0.29, 0.717) is 4.90 Å². The van der Waals surface area contributed by atoms with Crippen LogP contribution in [0, 0.1) is 0 Å². The highest BCUT2D eigenvalue weighted by Crippen LogP contribution is 2.29. The number of rotatable bonds is 0. The molecule has 0 radical (unpaired) electrons. The van der Waals surface area contributed by atoms with Gasteiger partial charge in [-0.3, -0.25) is 4.79 Å². The molecule has 2 nitrogen and oxygen atoms in total. The zero-order valence-corrected chi connectivity index (χ0v) is 6.28. The van der Waals surface area contributed by atoms with Crippen molar-refractivity contribution >= 4 is 5.91 Å². The predicted molar refractivity (Wildman–Crippen MR) is 32.1 cm³/mol. The molecule has 0 unspecified atom stereocenters. The van der Waals surface area contributed by atoms with E-state index in [2.05, 4.69) is 0 Å². The van der Waals surface area contributed by atoms with Crippen molar-refractivity contribution in [2.75, 3.05) is 13.1 Å². The Kier molecular flexibility index (Phi) is 1.81. The largest absolute Gasteiger partial charge is 0.471 e. The van der Waals surface area contributed by atoms with Crippen molar-refractivity contribution in [3.63, 3.8) is 0 Å². The number of alkyl halides is 4. The number of hydrogen-bond acceptors (Lipinski definition) is 1. The molecule has 1 rings (SSSR count). The molecule has 0 aromatic carbocycles. The SMILES string of the molecule is CC1(F)CN(C(=O)C(F)(F)F)C1. The normalized spacial score (nSPS) is 21.9. The second kappa shape index (κ2) is 2.34. The van der Waals surface area contributed by atoms with E-state index in [1.807, 2.05) is 0 Å². The van der Waals surface area contributed by atoms with Gasteiger partial charge in [0.2, 0.25) is 0 Å². The maximum atomic E-state index is 12.6. The Hall–Kier alpha value is -0.810. The number of halogens is 4. The highest BCUT2D eigenvalue weighted by Gasteiger charge is 2.50. The minimum absolute atomic E-state index is 0.444. The molecule has 0 spiro atoms. The van der Waals surface area contributed by atoms with Crippen LogP contribution in [0.2, 0.25) is 0 Å². The van der Waals surface area contributed by atoms with Gasteiger partial charge in [0.15, 0.2) is 0 Å². The van der Waals surface area contributed by atoms with Gasteiger partial charge in [0, 0.05) is 0 Å². The van der Waals surface area contributed by atoms with Gasteiger partial charge in [-0.1, -0.05) is 0 Å². The summed E-state index contributed by atoms with van der Waals surface area (Å²) in [5.74, 6) is -1.96. The summed E-state index contributed by atoms with van der Waals surface area (Å²) in [5, 5.41) is 0. The number of carbonyl (C=O) groups excluding carboxylic acids is 1. The number of likely N-dealkylation sites (tertiary alicyclic amines) is 1. The van der Waals surface area contributed by atoms with Gasteiger partial charge in [-0.2, -0.15) is 13.2 Å².